The van der Waals surface area contributed by atoms with Gasteiger partial charge in [-0.15, -0.1) is 4.83 Å². The van der Waals surface area contributed by atoms with Gasteiger partial charge in [-0.3, -0.25) is 15.0 Å². The molecule has 0 spiro atoms. The predicted octanol–water partition coefficient (Wildman–Crippen LogP) is 2.04. The van der Waals surface area contributed by atoms with E-state index in [0.29, 0.717) is 29.3 Å². The molecule has 0 saturated heterocycles. The first-order valence-electron chi connectivity index (χ1n) is 8.96. The molecule has 1 amide bonds. The maximum absolute atomic E-state index is 12.6. The molecule has 0 saturated carbocycles. The van der Waals surface area contributed by atoms with E-state index in [9.17, 15) is 18.0 Å². The summed E-state index contributed by atoms with van der Waals surface area (Å²) in [6, 6.07) is 15.5. The Hall–Kier alpha value is -3.30. The monoisotopic (exact) mass is 412 g/mol. The summed E-state index contributed by atoms with van der Waals surface area (Å²) in [5.41, 5.74) is 2.51. The van der Waals surface area contributed by atoms with Crippen LogP contribution in [0.15, 0.2) is 64.8 Å². The highest BCUT2D eigenvalue weighted by molar-refractivity contribution is 7.92. The molecule has 1 heterocycles. The number of nitrogens with one attached hydrogen (secondary N) is 2. The van der Waals surface area contributed by atoms with Gasteiger partial charge in [-0.25, -0.2) is 13.1 Å². The molecule has 0 unspecified atom stereocenters. The second-order valence-electron chi connectivity index (χ2n) is 6.24. The van der Waals surface area contributed by atoms with Gasteiger partial charge in [0.2, 0.25) is 0 Å². The lowest BCUT2D eigenvalue weighted by atomic mass is 10.1. The van der Waals surface area contributed by atoms with E-state index in [-0.39, 0.29) is 11.3 Å². The van der Waals surface area contributed by atoms with E-state index in [4.69, 9.17) is 0 Å². The van der Waals surface area contributed by atoms with Gasteiger partial charge in [0.05, 0.1) is 5.39 Å². The van der Waals surface area contributed by atoms with Crippen molar-refractivity contribution in [2.75, 3.05) is 0 Å². The summed E-state index contributed by atoms with van der Waals surface area (Å²) in [5, 5.41) is 5.76. The number of benzene rings is 2. The van der Waals surface area contributed by atoms with Gasteiger partial charge in [0.15, 0.2) is 5.69 Å². The molecule has 8 nitrogen and oxygen atoms in total. The smallest absolute Gasteiger partial charge is 0.272 e. The topological polar surface area (TPSA) is 110 Å². The molecule has 3 rings (SSSR count). The minimum atomic E-state index is -3.92. The molecule has 0 aliphatic heterocycles. The third-order valence-electron chi connectivity index (χ3n) is 4.06. The van der Waals surface area contributed by atoms with Crippen molar-refractivity contribution in [2.24, 2.45) is 0 Å². The highest BCUT2D eigenvalue weighted by atomic mass is 32.2. The summed E-state index contributed by atoms with van der Waals surface area (Å²) >= 11 is 0. The van der Waals surface area contributed by atoms with E-state index in [1.54, 1.807) is 48.5 Å². The Bertz CT molecular complexity index is 1220. The molecule has 29 heavy (non-hydrogen) atoms. The van der Waals surface area contributed by atoms with Crippen LogP contribution in [0.2, 0.25) is 0 Å². The minimum absolute atomic E-state index is 0.0385. The van der Waals surface area contributed by atoms with Crippen molar-refractivity contribution in [3.05, 3.63) is 81.6 Å². The summed E-state index contributed by atoms with van der Waals surface area (Å²) in [6.07, 6.45) is 2.06. The van der Waals surface area contributed by atoms with Crippen molar-refractivity contribution in [1.29, 1.82) is 0 Å². The second kappa shape index (κ2) is 8.80. The maximum Gasteiger partial charge on any atom is 0.287 e. The van der Waals surface area contributed by atoms with Crippen LogP contribution in [0.4, 0.5) is 0 Å². The van der Waals surface area contributed by atoms with Gasteiger partial charge in [-0.2, -0.15) is 5.10 Å². The first-order valence-corrected chi connectivity index (χ1v) is 10.5. The molecule has 1 aromatic heterocycles. The van der Waals surface area contributed by atoms with Crippen molar-refractivity contribution >= 4 is 32.8 Å². The van der Waals surface area contributed by atoms with Gasteiger partial charge in [-0.1, -0.05) is 55.5 Å². The molecule has 2 aromatic carbocycles. The van der Waals surface area contributed by atoms with Crippen molar-refractivity contribution in [2.45, 2.75) is 19.9 Å². The van der Waals surface area contributed by atoms with E-state index in [2.05, 4.69) is 10.5 Å². The third kappa shape index (κ3) is 4.95. The largest absolute Gasteiger partial charge is 0.287 e. The molecule has 3 aromatic rings. The molecule has 9 heteroatoms. The average molecular weight is 412 g/mol. The Morgan fingerprint density at radius 3 is 2.41 bits per heavy atom. The van der Waals surface area contributed by atoms with Crippen LogP contribution in [0, 0.1) is 0 Å². The quantitative estimate of drug-likeness (QED) is 0.577. The number of carbonyl (C=O) groups is 1. The SMILES string of the molecule is CCCn1nc(C(=O)NNS(=O)(=O)C=Cc2ccccc2)c2ccccc2c1=O. The number of rotatable bonds is 7. The number of aryl methyl sites for hydroxylation is 1. The standard InChI is InChI=1S/C20H20N4O4S/c1-2-13-24-20(26)17-11-7-6-10-16(17)18(22-24)19(25)21-23-29(27,28)14-12-15-8-4-3-5-9-15/h3-12,14,23H,2,13H2,1H3,(H,21,25). The Labute approximate surface area is 167 Å². The highest BCUT2D eigenvalue weighted by Crippen LogP contribution is 2.13. The number of carbonyl (C=O) groups excluding carboxylic acids is 1. The summed E-state index contributed by atoms with van der Waals surface area (Å²) in [6.45, 7) is 2.23. The first kappa shape index (κ1) is 20.4. The normalized spacial score (nSPS) is 11.8. The van der Waals surface area contributed by atoms with Gasteiger partial charge >= 0.3 is 0 Å². The fourth-order valence-corrected chi connectivity index (χ4v) is 3.35. The van der Waals surface area contributed by atoms with Crippen molar-refractivity contribution in [3.63, 3.8) is 0 Å². The van der Waals surface area contributed by atoms with Crippen LogP contribution in [-0.4, -0.2) is 24.1 Å². The second-order valence-corrected chi connectivity index (χ2v) is 7.80. The van der Waals surface area contributed by atoms with Crippen molar-refractivity contribution in [1.82, 2.24) is 20.0 Å². The first-order chi connectivity index (χ1) is 13.9. The molecular formula is C20H20N4O4S. The minimum Gasteiger partial charge on any atom is -0.272 e. The number of hydrogen-bond acceptors (Lipinski definition) is 5. The Kier molecular flexibility index (Phi) is 6.20. The molecule has 2 N–H and O–H groups in total. The fraction of sp³-hybridized carbons (Fsp3) is 0.150. The van der Waals surface area contributed by atoms with Gasteiger partial charge in [0.25, 0.3) is 21.5 Å². The van der Waals surface area contributed by atoms with E-state index in [1.165, 1.54) is 10.8 Å². The predicted molar refractivity (Wildman–Crippen MR) is 111 cm³/mol. The zero-order valence-electron chi connectivity index (χ0n) is 15.7. The van der Waals surface area contributed by atoms with Gasteiger partial charge in [0.1, 0.15) is 0 Å². The number of amides is 1. The Morgan fingerprint density at radius 1 is 1.07 bits per heavy atom. The van der Waals surface area contributed by atoms with Crippen molar-refractivity contribution in [3.8, 4) is 0 Å². The lowest BCUT2D eigenvalue weighted by Gasteiger charge is -2.11. The van der Waals surface area contributed by atoms with Gasteiger partial charge < -0.3 is 0 Å². The fourth-order valence-electron chi connectivity index (χ4n) is 2.71. The Morgan fingerprint density at radius 2 is 1.72 bits per heavy atom. The number of sulfonamides is 1. The molecule has 0 aliphatic rings. The van der Waals surface area contributed by atoms with Crippen LogP contribution in [0.25, 0.3) is 16.8 Å². The third-order valence-corrected chi connectivity index (χ3v) is 4.95. The summed E-state index contributed by atoms with van der Waals surface area (Å²) in [7, 11) is -3.92. The zero-order chi connectivity index (χ0) is 20.9. The highest BCUT2D eigenvalue weighted by Gasteiger charge is 2.17. The van der Waals surface area contributed by atoms with E-state index >= 15 is 0 Å². The van der Waals surface area contributed by atoms with E-state index in [1.807, 2.05) is 17.8 Å². The molecular weight excluding hydrogens is 392 g/mol. The van der Waals surface area contributed by atoms with Crippen LogP contribution >= 0.6 is 0 Å². The average Bonchev–Trinajstić information content (AvgIpc) is 2.74. The molecule has 0 aliphatic carbocycles. The summed E-state index contributed by atoms with van der Waals surface area (Å²) in [4.78, 5) is 27.1. The number of nitrogens with zero attached hydrogens (tertiary/aromatic N) is 2. The number of hydrogen-bond donors (Lipinski definition) is 2. The zero-order valence-corrected chi connectivity index (χ0v) is 16.5. The molecule has 0 atom stereocenters. The van der Waals surface area contributed by atoms with Gasteiger partial charge in [-0.05, 0) is 24.1 Å². The number of hydrazine groups is 1. The van der Waals surface area contributed by atoms with Crippen LogP contribution < -0.4 is 15.8 Å². The lowest BCUT2D eigenvalue weighted by Crippen LogP contribution is -2.41. The van der Waals surface area contributed by atoms with E-state index in [0.717, 1.165) is 5.41 Å². The molecule has 150 valence electrons. The summed E-state index contributed by atoms with van der Waals surface area (Å²) < 4.78 is 25.5. The maximum atomic E-state index is 12.6. The van der Waals surface area contributed by atoms with Crippen LogP contribution in [0.5, 0.6) is 0 Å². The Balaban J connectivity index is 1.84. The van der Waals surface area contributed by atoms with Crippen molar-refractivity contribution < 1.29 is 13.2 Å². The van der Waals surface area contributed by atoms with Crippen LogP contribution in [0.3, 0.4) is 0 Å². The lowest BCUT2D eigenvalue weighted by molar-refractivity contribution is 0.0939. The summed E-state index contributed by atoms with van der Waals surface area (Å²) in [5.74, 6) is -0.761. The number of aromatic nitrogens is 2. The molecule has 0 radical (unpaired) electrons. The molecule has 0 bridgehead atoms. The van der Waals surface area contributed by atoms with Gasteiger partial charge in [0, 0.05) is 17.3 Å². The van der Waals surface area contributed by atoms with Crippen LogP contribution in [0.1, 0.15) is 29.4 Å². The molecule has 0 fully saturated rings. The van der Waals surface area contributed by atoms with E-state index < -0.39 is 15.9 Å². The number of fused-ring (bicyclic) bond motifs is 1. The van der Waals surface area contributed by atoms with Crippen LogP contribution in [-0.2, 0) is 16.6 Å².